The van der Waals surface area contributed by atoms with Crippen LogP contribution in [0.5, 0.6) is 5.75 Å². The van der Waals surface area contributed by atoms with E-state index in [4.69, 9.17) is 4.74 Å². The number of methoxy groups -OCH3 is 1. The fourth-order valence-electron chi connectivity index (χ4n) is 2.78. The normalized spacial score (nSPS) is 10.7. The maximum absolute atomic E-state index is 12.4. The molecule has 0 bridgehead atoms. The van der Waals surface area contributed by atoms with Gasteiger partial charge in [-0.2, -0.15) is 5.10 Å². The third-order valence-electron chi connectivity index (χ3n) is 3.92. The minimum atomic E-state index is -0.197. The predicted molar refractivity (Wildman–Crippen MR) is 105 cm³/mol. The number of rotatable bonds is 9. The smallest absolute Gasteiger partial charge is 0.239 e. The first-order valence-corrected chi connectivity index (χ1v) is 8.88. The Labute approximate surface area is 159 Å². The van der Waals surface area contributed by atoms with E-state index in [2.05, 4.69) is 15.7 Å². The number of hydrogen-bond donors (Lipinski definition) is 2. The minimum absolute atomic E-state index is 0.115. The van der Waals surface area contributed by atoms with Crippen molar-refractivity contribution in [1.29, 1.82) is 0 Å². The fraction of sp³-hybridized carbons (Fsp3) is 0.421. The van der Waals surface area contributed by atoms with Gasteiger partial charge in [-0.3, -0.25) is 19.2 Å². The number of nitrogens with zero attached hydrogens (tertiary/aromatic N) is 3. The van der Waals surface area contributed by atoms with Gasteiger partial charge in [0.2, 0.25) is 11.8 Å². The predicted octanol–water partition coefficient (Wildman–Crippen LogP) is 2.03. The van der Waals surface area contributed by atoms with Crippen molar-refractivity contribution in [2.75, 3.05) is 37.4 Å². The number of carbonyl (C=O) groups excluding carboxylic acids is 2. The highest BCUT2D eigenvalue weighted by Gasteiger charge is 2.16. The zero-order valence-corrected chi connectivity index (χ0v) is 16.3. The number of aromatic nitrogens is 2. The highest BCUT2D eigenvalue weighted by molar-refractivity contribution is 5.95. The number of carbonyl (C=O) groups is 2. The van der Waals surface area contributed by atoms with Crippen LogP contribution in [0.1, 0.15) is 19.0 Å². The summed E-state index contributed by atoms with van der Waals surface area (Å²) in [5.74, 6) is 0.846. The van der Waals surface area contributed by atoms with E-state index in [1.54, 1.807) is 37.0 Å². The molecule has 27 heavy (non-hydrogen) atoms. The third-order valence-corrected chi connectivity index (χ3v) is 3.92. The summed E-state index contributed by atoms with van der Waals surface area (Å²) in [5.41, 5.74) is 1.44. The molecule has 0 atom stereocenters. The number of benzene rings is 1. The lowest BCUT2D eigenvalue weighted by Gasteiger charge is -2.21. The summed E-state index contributed by atoms with van der Waals surface area (Å²) in [7, 11) is 3.33. The second-order valence-electron chi connectivity index (χ2n) is 6.30. The highest BCUT2D eigenvalue weighted by Crippen LogP contribution is 2.22. The van der Waals surface area contributed by atoms with E-state index in [9.17, 15) is 9.59 Å². The SMILES string of the molecule is CCCN(CC(=O)Nc1ccccc1OC)CC(=O)Nc1cc(C)nn1C. The minimum Gasteiger partial charge on any atom is -0.495 e. The lowest BCUT2D eigenvalue weighted by atomic mass is 10.3. The molecule has 0 spiro atoms. The van der Waals surface area contributed by atoms with Crippen molar-refractivity contribution in [2.24, 2.45) is 7.05 Å². The summed E-state index contributed by atoms with van der Waals surface area (Å²) in [6, 6.07) is 9.02. The zero-order valence-electron chi connectivity index (χ0n) is 16.3. The van der Waals surface area contributed by atoms with Crippen LogP contribution >= 0.6 is 0 Å². The van der Waals surface area contributed by atoms with Gasteiger partial charge in [-0.05, 0) is 32.0 Å². The Balaban J connectivity index is 1.94. The van der Waals surface area contributed by atoms with Crippen LogP contribution in [0.15, 0.2) is 30.3 Å². The van der Waals surface area contributed by atoms with Crippen molar-refractivity contribution in [3.8, 4) is 5.75 Å². The monoisotopic (exact) mass is 373 g/mol. The summed E-state index contributed by atoms with van der Waals surface area (Å²) < 4.78 is 6.86. The summed E-state index contributed by atoms with van der Waals surface area (Å²) in [4.78, 5) is 26.6. The molecule has 146 valence electrons. The van der Waals surface area contributed by atoms with Crippen LogP contribution in [0.3, 0.4) is 0 Å². The summed E-state index contributed by atoms with van der Waals surface area (Å²) in [6.45, 7) is 4.74. The first kappa shape index (κ1) is 20.4. The molecule has 0 aliphatic carbocycles. The summed E-state index contributed by atoms with van der Waals surface area (Å²) >= 11 is 0. The Hall–Kier alpha value is -2.87. The molecule has 1 aromatic carbocycles. The number of aryl methyl sites for hydroxylation is 2. The van der Waals surface area contributed by atoms with Gasteiger partial charge in [0.1, 0.15) is 11.6 Å². The molecular formula is C19H27N5O3. The number of amides is 2. The van der Waals surface area contributed by atoms with E-state index >= 15 is 0 Å². The van der Waals surface area contributed by atoms with Gasteiger partial charge in [0.15, 0.2) is 0 Å². The quantitative estimate of drug-likeness (QED) is 0.702. The molecule has 2 aromatic rings. The van der Waals surface area contributed by atoms with Gasteiger partial charge in [0, 0.05) is 13.1 Å². The number of hydrogen-bond acceptors (Lipinski definition) is 5. The second kappa shape index (κ2) is 9.72. The van der Waals surface area contributed by atoms with Crippen LogP contribution in [-0.4, -0.2) is 53.2 Å². The van der Waals surface area contributed by atoms with Crippen molar-refractivity contribution in [1.82, 2.24) is 14.7 Å². The van der Waals surface area contributed by atoms with E-state index in [0.717, 1.165) is 12.1 Å². The maximum atomic E-state index is 12.4. The molecule has 0 radical (unpaired) electrons. The number of ether oxygens (including phenoxy) is 1. The van der Waals surface area contributed by atoms with Gasteiger partial charge in [-0.15, -0.1) is 0 Å². The molecule has 0 aliphatic heterocycles. The van der Waals surface area contributed by atoms with Crippen LogP contribution in [0.4, 0.5) is 11.5 Å². The van der Waals surface area contributed by atoms with Crippen molar-refractivity contribution in [3.05, 3.63) is 36.0 Å². The van der Waals surface area contributed by atoms with Gasteiger partial charge >= 0.3 is 0 Å². The van der Waals surface area contributed by atoms with Gasteiger partial charge in [0.25, 0.3) is 0 Å². The van der Waals surface area contributed by atoms with Gasteiger partial charge < -0.3 is 15.4 Å². The second-order valence-corrected chi connectivity index (χ2v) is 6.30. The number of nitrogens with one attached hydrogen (secondary N) is 2. The molecule has 0 saturated carbocycles. The van der Waals surface area contributed by atoms with Crippen molar-refractivity contribution >= 4 is 23.3 Å². The van der Waals surface area contributed by atoms with E-state index in [1.165, 1.54) is 0 Å². The van der Waals surface area contributed by atoms with E-state index in [-0.39, 0.29) is 24.9 Å². The first-order chi connectivity index (χ1) is 12.9. The van der Waals surface area contributed by atoms with Crippen LogP contribution in [0, 0.1) is 6.92 Å². The Kier molecular flexibility index (Phi) is 7.36. The molecule has 0 saturated heterocycles. The standard InChI is InChI=1S/C19H27N5O3/c1-5-10-24(13-19(26)21-17-11-14(2)22-23(17)3)12-18(25)20-15-8-6-7-9-16(15)27-4/h6-9,11H,5,10,12-13H2,1-4H3,(H,20,25)(H,21,26). The van der Waals surface area contributed by atoms with Crippen molar-refractivity contribution in [3.63, 3.8) is 0 Å². The Morgan fingerprint density at radius 3 is 2.44 bits per heavy atom. The molecule has 0 fully saturated rings. The Morgan fingerprint density at radius 1 is 1.19 bits per heavy atom. The highest BCUT2D eigenvalue weighted by atomic mass is 16.5. The fourth-order valence-corrected chi connectivity index (χ4v) is 2.78. The van der Waals surface area contributed by atoms with Crippen molar-refractivity contribution in [2.45, 2.75) is 20.3 Å². The van der Waals surface area contributed by atoms with E-state index < -0.39 is 0 Å². The molecular weight excluding hydrogens is 346 g/mol. The first-order valence-electron chi connectivity index (χ1n) is 8.88. The van der Waals surface area contributed by atoms with Crippen LogP contribution < -0.4 is 15.4 Å². The van der Waals surface area contributed by atoms with E-state index in [0.29, 0.717) is 23.8 Å². The summed E-state index contributed by atoms with van der Waals surface area (Å²) in [6.07, 6.45) is 0.833. The lowest BCUT2D eigenvalue weighted by Crippen LogP contribution is -2.39. The van der Waals surface area contributed by atoms with Crippen LogP contribution in [0.2, 0.25) is 0 Å². The largest absolute Gasteiger partial charge is 0.495 e. The van der Waals surface area contributed by atoms with Crippen LogP contribution in [-0.2, 0) is 16.6 Å². The van der Waals surface area contributed by atoms with Crippen molar-refractivity contribution < 1.29 is 14.3 Å². The average molecular weight is 373 g/mol. The molecule has 1 heterocycles. The topological polar surface area (TPSA) is 88.5 Å². The molecule has 8 nitrogen and oxygen atoms in total. The average Bonchev–Trinajstić information content (AvgIpc) is 2.92. The number of para-hydroxylation sites is 2. The molecule has 2 amide bonds. The van der Waals surface area contributed by atoms with Gasteiger partial charge in [-0.1, -0.05) is 19.1 Å². The Bertz CT molecular complexity index is 787. The molecule has 2 N–H and O–H groups in total. The van der Waals surface area contributed by atoms with Crippen LogP contribution in [0.25, 0.3) is 0 Å². The lowest BCUT2D eigenvalue weighted by molar-refractivity contribution is -0.120. The van der Waals surface area contributed by atoms with Gasteiger partial charge in [-0.25, -0.2) is 0 Å². The van der Waals surface area contributed by atoms with E-state index in [1.807, 2.05) is 30.9 Å². The zero-order chi connectivity index (χ0) is 19.8. The molecule has 1 aromatic heterocycles. The molecule has 0 aliphatic rings. The molecule has 0 unspecified atom stereocenters. The third kappa shape index (κ3) is 6.10. The molecule has 2 rings (SSSR count). The van der Waals surface area contributed by atoms with Gasteiger partial charge in [0.05, 0.1) is 31.6 Å². The maximum Gasteiger partial charge on any atom is 0.239 e. The molecule has 8 heteroatoms. The summed E-state index contributed by atoms with van der Waals surface area (Å²) in [5, 5.41) is 9.87. The number of anilines is 2. The Morgan fingerprint density at radius 2 is 1.85 bits per heavy atom.